The summed E-state index contributed by atoms with van der Waals surface area (Å²) in [5.74, 6) is 6.04. The molecule has 0 spiro atoms. The molecule has 106 valence electrons. The van der Waals surface area contributed by atoms with Crippen molar-refractivity contribution in [2.75, 3.05) is 29.7 Å². The first-order valence-corrected chi connectivity index (χ1v) is 6.69. The minimum Gasteiger partial charge on any atom is -0.347 e. The maximum atomic E-state index is 13.1. The van der Waals surface area contributed by atoms with E-state index in [9.17, 15) is 4.39 Å². The van der Waals surface area contributed by atoms with Crippen LogP contribution in [0.4, 0.5) is 27.9 Å². The number of nitrogen functional groups attached to an aromatic ring is 1. The Morgan fingerprint density at radius 2 is 1.90 bits per heavy atom. The molecule has 0 aliphatic rings. The smallest absolute Gasteiger partial charge is 0.243 e. The summed E-state index contributed by atoms with van der Waals surface area (Å²) in [7, 11) is 3.61. The van der Waals surface area contributed by atoms with Gasteiger partial charge in [-0.1, -0.05) is 0 Å². The second-order valence-corrected chi connectivity index (χ2v) is 5.23. The zero-order valence-electron chi connectivity index (χ0n) is 10.9. The molecule has 2 aromatic rings. The van der Waals surface area contributed by atoms with E-state index < -0.39 is 0 Å². The quantitative estimate of drug-likeness (QED) is 0.417. The molecule has 0 fully saturated rings. The van der Waals surface area contributed by atoms with Gasteiger partial charge in [0.05, 0.1) is 5.69 Å². The van der Waals surface area contributed by atoms with Gasteiger partial charge in [0.15, 0.2) is 0 Å². The third-order valence-corrected chi connectivity index (χ3v) is 3.22. The van der Waals surface area contributed by atoms with Gasteiger partial charge in [-0.3, -0.25) is 5.43 Å². The average molecular weight is 389 g/mol. The van der Waals surface area contributed by atoms with Crippen molar-refractivity contribution in [3.63, 3.8) is 0 Å². The van der Waals surface area contributed by atoms with E-state index in [1.807, 2.05) is 22.6 Å². The first kappa shape index (κ1) is 14.7. The number of nitrogens with two attached hydrogens (primary N) is 1. The Bertz CT molecular complexity index is 620. The normalized spacial score (nSPS) is 10.2. The van der Waals surface area contributed by atoms with Gasteiger partial charge >= 0.3 is 0 Å². The molecule has 0 bridgehead atoms. The van der Waals surface area contributed by atoms with Gasteiger partial charge in [-0.05, 0) is 40.8 Å². The van der Waals surface area contributed by atoms with Crippen LogP contribution < -0.4 is 21.5 Å². The molecule has 1 aromatic heterocycles. The number of hydrogen-bond acceptors (Lipinski definition) is 7. The number of nitrogens with one attached hydrogen (secondary N) is 2. The van der Waals surface area contributed by atoms with E-state index in [0.29, 0.717) is 17.6 Å². The van der Waals surface area contributed by atoms with Crippen molar-refractivity contribution in [2.24, 2.45) is 5.84 Å². The van der Waals surface area contributed by atoms with Crippen LogP contribution in [0, 0.1) is 9.39 Å². The second-order valence-electron chi connectivity index (χ2n) is 4.07. The number of halogens is 2. The van der Waals surface area contributed by atoms with Crippen LogP contribution in [0.15, 0.2) is 18.2 Å². The summed E-state index contributed by atoms with van der Waals surface area (Å²) in [4.78, 5) is 14.2. The van der Waals surface area contributed by atoms with Crippen LogP contribution in [0.1, 0.15) is 0 Å². The lowest BCUT2D eigenvalue weighted by molar-refractivity contribution is 0.627. The Balaban J connectivity index is 2.34. The standard InChI is InChI=1S/C11H13FIN7/c1-20(2)11-17-9(16-10(18-11)19-14)15-8-4-3-6(12)5-7(8)13/h3-5H,14H2,1-2H3,(H2,15,16,17,18,19). The number of hydrogen-bond donors (Lipinski definition) is 3. The van der Waals surface area contributed by atoms with E-state index in [0.717, 1.165) is 3.57 Å². The number of aromatic nitrogens is 3. The lowest BCUT2D eigenvalue weighted by Crippen LogP contribution is -2.18. The highest BCUT2D eigenvalue weighted by Crippen LogP contribution is 2.22. The van der Waals surface area contributed by atoms with Crippen LogP contribution >= 0.6 is 22.6 Å². The van der Waals surface area contributed by atoms with Gasteiger partial charge in [0.25, 0.3) is 0 Å². The minimum atomic E-state index is -0.297. The molecule has 0 saturated heterocycles. The maximum absolute atomic E-state index is 13.1. The molecule has 1 heterocycles. The molecule has 9 heteroatoms. The second kappa shape index (κ2) is 6.13. The molecule has 0 radical (unpaired) electrons. The number of nitrogens with zero attached hydrogens (tertiary/aromatic N) is 4. The molecule has 4 N–H and O–H groups in total. The molecule has 0 unspecified atom stereocenters. The van der Waals surface area contributed by atoms with Crippen LogP contribution in [0.5, 0.6) is 0 Å². The SMILES string of the molecule is CN(C)c1nc(NN)nc(Nc2ccc(F)cc2I)n1. The summed E-state index contributed by atoms with van der Waals surface area (Å²) in [6.45, 7) is 0. The molecule has 0 aliphatic heterocycles. The van der Waals surface area contributed by atoms with Gasteiger partial charge in [-0.25, -0.2) is 10.2 Å². The Morgan fingerprint density at radius 1 is 1.20 bits per heavy atom. The van der Waals surface area contributed by atoms with E-state index in [1.165, 1.54) is 12.1 Å². The highest BCUT2D eigenvalue weighted by Gasteiger charge is 2.09. The van der Waals surface area contributed by atoms with Crippen LogP contribution in [-0.2, 0) is 0 Å². The van der Waals surface area contributed by atoms with E-state index in [1.54, 1.807) is 25.1 Å². The van der Waals surface area contributed by atoms with Crippen LogP contribution in [-0.4, -0.2) is 29.0 Å². The van der Waals surface area contributed by atoms with Crippen molar-refractivity contribution in [3.05, 3.63) is 27.6 Å². The van der Waals surface area contributed by atoms with Crippen molar-refractivity contribution in [3.8, 4) is 0 Å². The molecule has 1 aromatic carbocycles. The van der Waals surface area contributed by atoms with Gasteiger partial charge < -0.3 is 10.2 Å². The first-order valence-electron chi connectivity index (χ1n) is 5.61. The van der Waals surface area contributed by atoms with Crippen LogP contribution in [0.25, 0.3) is 0 Å². The average Bonchev–Trinajstić information content (AvgIpc) is 2.41. The summed E-state index contributed by atoms with van der Waals surface area (Å²) in [5.41, 5.74) is 3.08. The molecular weight excluding hydrogens is 376 g/mol. The fraction of sp³-hybridized carbons (Fsp3) is 0.182. The predicted molar refractivity (Wildman–Crippen MR) is 84.4 cm³/mol. The third-order valence-electron chi connectivity index (χ3n) is 2.33. The molecule has 0 amide bonds. The number of benzene rings is 1. The van der Waals surface area contributed by atoms with Crippen LogP contribution in [0.3, 0.4) is 0 Å². The van der Waals surface area contributed by atoms with E-state index in [4.69, 9.17) is 5.84 Å². The molecule has 7 nitrogen and oxygen atoms in total. The van der Waals surface area contributed by atoms with Crippen molar-refractivity contribution >= 4 is 46.1 Å². The number of hydrazine groups is 1. The summed E-state index contributed by atoms with van der Waals surface area (Å²) in [5, 5.41) is 3.01. The summed E-state index contributed by atoms with van der Waals surface area (Å²) in [6, 6.07) is 4.39. The van der Waals surface area contributed by atoms with Gasteiger partial charge in [-0.15, -0.1) is 0 Å². The summed E-state index contributed by atoms with van der Waals surface area (Å²) in [6.07, 6.45) is 0. The minimum absolute atomic E-state index is 0.239. The van der Waals surface area contributed by atoms with E-state index >= 15 is 0 Å². The zero-order chi connectivity index (χ0) is 14.7. The molecule has 0 atom stereocenters. The van der Waals surface area contributed by atoms with Crippen molar-refractivity contribution in [2.45, 2.75) is 0 Å². The number of rotatable bonds is 4. The molecule has 20 heavy (non-hydrogen) atoms. The lowest BCUT2D eigenvalue weighted by atomic mass is 10.3. The monoisotopic (exact) mass is 389 g/mol. The summed E-state index contributed by atoms with van der Waals surface area (Å²) >= 11 is 2.03. The fourth-order valence-electron chi connectivity index (χ4n) is 1.40. The molecule has 2 rings (SSSR count). The highest BCUT2D eigenvalue weighted by molar-refractivity contribution is 14.1. The lowest BCUT2D eigenvalue weighted by Gasteiger charge is -2.13. The topological polar surface area (TPSA) is 92.0 Å². The highest BCUT2D eigenvalue weighted by atomic mass is 127. The van der Waals surface area contributed by atoms with Crippen molar-refractivity contribution < 1.29 is 4.39 Å². The third kappa shape index (κ3) is 3.42. The molecule has 0 saturated carbocycles. The Hall–Kier alpha value is -1.75. The van der Waals surface area contributed by atoms with E-state index in [-0.39, 0.29) is 11.8 Å². The predicted octanol–water partition coefficient (Wildman–Crippen LogP) is 1.71. The molecule has 0 aliphatic carbocycles. The van der Waals surface area contributed by atoms with Gasteiger partial charge in [0.1, 0.15) is 5.82 Å². The Kier molecular flexibility index (Phi) is 4.49. The maximum Gasteiger partial charge on any atom is 0.243 e. The number of anilines is 4. The summed E-state index contributed by atoms with van der Waals surface area (Å²) < 4.78 is 13.8. The van der Waals surface area contributed by atoms with Gasteiger partial charge in [0, 0.05) is 17.7 Å². The zero-order valence-corrected chi connectivity index (χ0v) is 13.0. The largest absolute Gasteiger partial charge is 0.347 e. The molecular formula is C11H13FIN7. The van der Waals surface area contributed by atoms with Crippen molar-refractivity contribution in [1.29, 1.82) is 0 Å². The Morgan fingerprint density at radius 3 is 2.50 bits per heavy atom. The van der Waals surface area contributed by atoms with E-state index in [2.05, 4.69) is 25.7 Å². The van der Waals surface area contributed by atoms with Gasteiger partial charge in [0.2, 0.25) is 17.8 Å². The van der Waals surface area contributed by atoms with Crippen LogP contribution in [0.2, 0.25) is 0 Å². The first-order chi connectivity index (χ1) is 9.49. The fourth-order valence-corrected chi connectivity index (χ4v) is 2.01. The van der Waals surface area contributed by atoms with Gasteiger partial charge in [-0.2, -0.15) is 15.0 Å². The Labute approximate surface area is 128 Å². The van der Waals surface area contributed by atoms with Crippen molar-refractivity contribution in [1.82, 2.24) is 15.0 Å².